The highest BCUT2D eigenvalue weighted by atomic mass is 35.5. The van der Waals surface area contributed by atoms with Gasteiger partial charge in [-0.05, 0) is 31.2 Å². The first-order valence-electron chi connectivity index (χ1n) is 3.67. The standard InChI is InChI=1S/C9H8ClNOS/c1-6(13)11-9(12)7-2-4-8(10)5-3-7/h2-5H,1H3,(H,11,12,13). The third kappa shape index (κ3) is 3.13. The molecule has 1 amide bonds. The molecule has 0 spiro atoms. The van der Waals surface area contributed by atoms with Crippen molar-refractivity contribution in [1.82, 2.24) is 5.32 Å². The van der Waals surface area contributed by atoms with Crippen LogP contribution in [-0.2, 0) is 0 Å². The fourth-order valence-corrected chi connectivity index (χ4v) is 1.05. The van der Waals surface area contributed by atoms with Crippen molar-refractivity contribution >= 4 is 34.7 Å². The Bertz CT molecular complexity index is 334. The monoisotopic (exact) mass is 213 g/mol. The van der Waals surface area contributed by atoms with Crippen LogP contribution in [-0.4, -0.2) is 10.9 Å². The predicted molar refractivity (Wildman–Crippen MR) is 57.2 cm³/mol. The number of rotatable bonds is 1. The molecular weight excluding hydrogens is 206 g/mol. The van der Waals surface area contributed by atoms with E-state index in [-0.39, 0.29) is 5.91 Å². The summed E-state index contributed by atoms with van der Waals surface area (Å²) in [5.41, 5.74) is 0.550. The van der Waals surface area contributed by atoms with Gasteiger partial charge in [0.05, 0.1) is 4.99 Å². The fraction of sp³-hybridized carbons (Fsp3) is 0.111. The van der Waals surface area contributed by atoms with Crippen LogP contribution in [0.1, 0.15) is 17.3 Å². The summed E-state index contributed by atoms with van der Waals surface area (Å²) in [6, 6.07) is 6.62. The lowest BCUT2D eigenvalue weighted by Crippen LogP contribution is -2.26. The van der Waals surface area contributed by atoms with E-state index in [4.69, 9.17) is 23.8 Å². The van der Waals surface area contributed by atoms with Gasteiger partial charge >= 0.3 is 0 Å². The Balaban J connectivity index is 2.78. The molecule has 1 N–H and O–H groups in total. The summed E-state index contributed by atoms with van der Waals surface area (Å²) in [5, 5.41) is 3.14. The Morgan fingerprint density at radius 3 is 2.38 bits per heavy atom. The van der Waals surface area contributed by atoms with Gasteiger partial charge in [0, 0.05) is 10.6 Å². The SMILES string of the molecule is CC(=S)NC(=O)c1ccc(Cl)cc1. The lowest BCUT2D eigenvalue weighted by Gasteiger charge is -2.01. The molecule has 2 nitrogen and oxygen atoms in total. The van der Waals surface area contributed by atoms with Crippen molar-refractivity contribution < 1.29 is 4.79 Å². The van der Waals surface area contributed by atoms with Crippen LogP contribution in [0, 0.1) is 0 Å². The summed E-state index contributed by atoms with van der Waals surface area (Å²) < 4.78 is 0. The molecule has 0 aromatic heterocycles. The van der Waals surface area contributed by atoms with Gasteiger partial charge in [0.15, 0.2) is 0 Å². The molecule has 0 saturated heterocycles. The van der Waals surface area contributed by atoms with E-state index in [1.807, 2.05) is 0 Å². The molecule has 4 heteroatoms. The van der Waals surface area contributed by atoms with Crippen molar-refractivity contribution in [2.24, 2.45) is 0 Å². The normalized spacial score (nSPS) is 9.38. The number of amides is 1. The van der Waals surface area contributed by atoms with Crippen LogP contribution in [0.3, 0.4) is 0 Å². The van der Waals surface area contributed by atoms with Gasteiger partial charge in [-0.15, -0.1) is 0 Å². The maximum absolute atomic E-state index is 11.3. The van der Waals surface area contributed by atoms with Crippen LogP contribution in [0.5, 0.6) is 0 Å². The lowest BCUT2D eigenvalue weighted by atomic mass is 10.2. The molecule has 0 aliphatic rings. The zero-order valence-electron chi connectivity index (χ0n) is 7.00. The summed E-state index contributed by atoms with van der Waals surface area (Å²) in [6.07, 6.45) is 0. The molecule has 0 aliphatic heterocycles. The molecule has 0 bridgehead atoms. The molecule has 1 aromatic carbocycles. The Labute approximate surface area is 86.9 Å². The second-order valence-electron chi connectivity index (χ2n) is 2.52. The molecule has 0 radical (unpaired) electrons. The van der Waals surface area contributed by atoms with Crippen molar-refractivity contribution in [3.63, 3.8) is 0 Å². The van der Waals surface area contributed by atoms with Gasteiger partial charge in [-0.2, -0.15) is 0 Å². The van der Waals surface area contributed by atoms with Crippen LogP contribution >= 0.6 is 23.8 Å². The van der Waals surface area contributed by atoms with Crippen LogP contribution in [0.2, 0.25) is 5.02 Å². The fourth-order valence-electron chi connectivity index (χ4n) is 0.833. The maximum Gasteiger partial charge on any atom is 0.256 e. The molecule has 68 valence electrons. The highest BCUT2D eigenvalue weighted by Crippen LogP contribution is 2.09. The number of thiocarbonyl (C=S) groups is 1. The van der Waals surface area contributed by atoms with Crippen LogP contribution in [0.25, 0.3) is 0 Å². The largest absolute Gasteiger partial charge is 0.317 e. The van der Waals surface area contributed by atoms with Gasteiger partial charge in [0.1, 0.15) is 0 Å². The average Bonchev–Trinajstić information content (AvgIpc) is 2.04. The Kier molecular flexibility index (Phi) is 3.39. The van der Waals surface area contributed by atoms with Gasteiger partial charge in [-0.25, -0.2) is 0 Å². The Morgan fingerprint density at radius 1 is 1.38 bits per heavy atom. The average molecular weight is 214 g/mol. The minimum Gasteiger partial charge on any atom is -0.317 e. The van der Waals surface area contributed by atoms with Crippen LogP contribution < -0.4 is 5.32 Å². The summed E-state index contributed by atoms with van der Waals surface area (Å²) in [5.74, 6) is -0.204. The molecule has 0 aliphatic carbocycles. The third-order valence-electron chi connectivity index (χ3n) is 1.40. The van der Waals surface area contributed by atoms with Gasteiger partial charge in [0.2, 0.25) is 0 Å². The number of carbonyl (C=O) groups excluding carboxylic acids is 1. The molecule has 1 rings (SSSR count). The molecule has 0 unspecified atom stereocenters. The van der Waals surface area contributed by atoms with E-state index in [2.05, 4.69) is 5.32 Å². The molecule has 0 fully saturated rings. The molecule has 13 heavy (non-hydrogen) atoms. The van der Waals surface area contributed by atoms with Crippen LogP contribution in [0.15, 0.2) is 24.3 Å². The summed E-state index contributed by atoms with van der Waals surface area (Å²) >= 11 is 10.4. The summed E-state index contributed by atoms with van der Waals surface area (Å²) in [6.45, 7) is 1.66. The molecule has 0 atom stereocenters. The summed E-state index contributed by atoms with van der Waals surface area (Å²) in [4.78, 5) is 11.8. The predicted octanol–water partition coefficient (Wildman–Crippen LogP) is 2.42. The minimum absolute atomic E-state index is 0.204. The van der Waals surface area contributed by atoms with E-state index in [9.17, 15) is 4.79 Å². The molecule has 0 saturated carbocycles. The van der Waals surface area contributed by atoms with Crippen molar-refractivity contribution in [3.05, 3.63) is 34.9 Å². The van der Waals surface area contributed by atoms with E-state index in [1.165, 1.54) is 0 Å². The topological polar surface area (TPSA) is 29.1 Å². The zero-order valence-corrected chi connectivity index (χ0v) is 8.58. The zero-order chi connectivity index (χ0) is 9.84. The quantitative estimate of drug-likeness (QED) is 0.726. The molecule has 1 aromatic rings. The first kappa shape index (κ1) is 10.2. The Hall–Kier alpha value is -0.930. The van der Waals surface area contributed by atoms with Crippen LogP contribution in [0.4, 0.5) is 0 Å². The van der Waals surface area contributed by atoms with E-state index in [0.29, 0.717) is 15.6 Å². The van der Waals surface area contributed by atoms with E-state index in [1.54, 1.807) is 31.2 Å². The first-order valence-corrected chi connectivity index (χ1v) is 4.45. The van der Waals surface area contributed by atoms with Gasteiger partial charge in [-0.3, -0.25) is 4.79 Å². The van der Waals surface area contributed by atoms with E-state index >= 15 is 0 Å². The van der Waals surface area contributed by atoms with Crippen molar-refractivity contribution in [2.75, 3.05) is 0 Å². The third-order valence-corrected chi connectivity index (χ3v) is 1.75. The van der Waals surface area contributed by atoms with Gasteiger partial charge < -0.3 is 5.32 Å². The number of halogens is 1. The second kappa shape index (κ2) is 4.35. The minimum atomic E-state index is -0.204. The van der Waals surface area contributed by atoms with Crippen molar-refractivity contribution in [3.8, 4) is 0 Å². The first-order chi connectivity index (χ1) is 6.09. The Morgan fingerprint density at radius 2 is 1.92 bits per heavy atom. The smallest absolute Gasteiger partial charge is 0.256 e. The lowest BCUT2D eigenvalue weighted by molar-refractivity contribution is 0.0977. The van der Waals surface area contributed by atoms with E-state index < -0.39 is 0 Å². The van der Waals surface area contributed by atoms with Crippen molar-refractivity contribution in [2.45, 2.75) is 6.92 Å². The van der Waals surface area contributed by atoms with Gasteiger partial charge in [0.25, 0.3) is 5.91 Å². The highest BCUT2D eigenvalue weighted by Gasteiger charge is 2.04. The number of nitrogens with one attached hydrogen (secondary N) is 1. The molecule has 0 heterocycles. The number of carbonyl (C=O) groups is 1. The van der Waals surface area contributed by atoms with E-state index in [0.717, 1.165) is 0 Å². The number of benzene rings is 1. The highest BCUT2D eigenvalue weighted by molar-refractivity contribution is 7.80. The van der Waals surface area contributed by atoms with Crippen molar-refractivity contribution in [1.29, 1.82) is 0 Å². The van der Waals surface area contributed by atoms with Gasteiger partial charge in [-0.1, -0.05) is 23.8 Å². The second-order valence-corrected chi connectivity index (χ2v) is 3.57. The maximum atomic E-state index is 11.3. The molecular formula is C9H8ClNOS. The number of hydrogen-bond donors (Lipinski definition) is 1. The number of hydrogen-bond acceptors (Lipinski definition) is 2. The summed E-state index contributed by atoms with van der Waals surface area (Å²) in [7, 11) is 0.